The molecule has 0 radical (unpaired) electrons. The summed E-state index contributed by atoms with van der Waals surface area (Å²) in [5.41, 5.74) is 8.70. The van der Waals surface area contributed by atoms with Crippen LogP contribution in [0.1, 0.15) is 18.9 Å². The van der Waals surface area contributed by atoms with Gasteiger partial charge in [-0.25, -0.2) is 0 Å². The van der Waals surface area contributed by atoms with E-state index in [9.17, 15) is 0 Å². The molecule has 0 unspecified atom stereocenters. The van der Waals surface area contributed by atoms with Gasteiger partial charge in [0.2, 0.25) is 0 Å². The van der Waals surface area contributed by atoms with Crippen LogP contribution >= 0.6 is 0 Å². The summed E-state index contributed by atoms with van der Waals surface area (Å²) in [6.07, 6.45) is 2.47. The molecule has 0 saturated carbocycles. The SMILES string of the molecule is C[C@@H](N)CN1CCCc2ccccc21. The lowest BCUT2D eigenvalue weighted by atomic mass is 10.0. The van der Waals surface area contributed by atoms with Gasteiger partial charge >= 0.3 is 0 Å². The largest absolute Gasteiger partial charge is 0.370 e. The van der Waals surface area contributed by atoms with E-state index in [1.807, 2.05) is 0 Å². The van der Waals surface area contributed by atoms with Crippen LogP contribution in [0.2, 0.25) is 0 Å². The van der Waals surface area contributed by atoms with Gasteiger partial charge in [0.1, 0.15) is 0 Å². The number of benzene rings is 1. The van der Waals surface area contributed by atoms with E-state index in [4.69, 9.17) is 5.73 Å². The van der Waals surface area contributed by atoms with E-state index in [2.05, 4.69) is 36.1 Å². The van der Waals surface area contributed by atoms with Crippen molar-refractivity contribution in [2.75, 3.05) is 18.0 Å². The van der Waals surface area contributed by atoms with E-state index in [1.54, 1.807) is 0 Å². The highest BCUT2D eigenvalue weighted by Crippen LogP contribution is 2.26. The standard InChI is InChI=1S/C12H18N2/c1-10(13)9-14-8-4-6-11-5-2-3-7-12(11)14/h2-3,5,7,10H,4,6,8-9,13H2,1H3/t10-/m1/s1. The van der Waals surface area contributed by atoms with Crippen LogP contribution in [-0.2, 0) is 6.42 Å². The maximum Gasteiger partial charge on any atom is 0.0399 e. The highest BCUT2D eigenvalue weighted by Gasteiger charge is 2.16. The van der Waals surface area contributed by atoms with Crippen molar-refractivity contribution in [1.29, 1.82) is 0 Å². The maximum absolute atomic E-state index is 5.84. The van der Waals surface area contributed by atoms with Gasteiger partial charge in [-0.3, -0.25) is 0 Å². The van der Waals surface area contributed by atoms with Gasteiger partial charge in [0.15, 0.2) is 0 Å². The van der Waals surface area contributed by atoms with Crippen LogP contribution in [0.4, 0.5) is 5.69 Å². The van der Waals surface area contributed by atoms with E-state index in [0.29, 0.717) is 0 Å². The molecule has 0 fully saturated rings. The minimum atomic E-state index is 0.251. The van der Waals surface area contributed by atoms with Crippen LogP contribution in [-0.4, -0.2) is 19.1 Å². The fourth-order valence-corrected chi connectivity index (χ4v) is 2.15. The Morgan fingerprint density at radius 2 is 2.21 bits per heavy atom. The van der Waals surface area contributed by atoms with Gasteiger partial charge in [-0.05, 0) is 31.4 Å². The lowest BCUT2D eigenvalue weighted by Gasteiger charge is -2.32. The molecule has 1 atom stereocenters. The lowest BCUT2D eigenvalue weighted by Crippen LogP contribution is -2.38. The Labute approximate surface area is 85.7 Å². The summed E-state index contributed by atoms with van der Waals surface area (Å²) in [6, 6.07) is 8.91. The molecule has 0 spiro atoms. The first-order valence-corrected chi connectivity index (χ1v) is 5.36. The summed E-state index contributed by atoms with van der Waals surface area (Å²) < 4.78 is 0. The highest BCUT2D eigenvalue weighted by atomic mass is 15.1. The zero-order valence-electron chi connectivity index (χ0n) is 8.74. The van der Waals surface area contributed by atoms with Gasteiger partial charge in [-0.2, -0.15) is 0 Å². The summed E-state index contributed by atoms with van der Waals surface area (Å²) in [5, 5.41) is 0. The van der Waals surface area contributed by atoms with Gasteiger partial charge in [0.25, 0.3) is 0 Å². The average molecular weight is 190 g/mol. The fourth-order valence-electron chi connectivity index (χ4n) is 2.15. The third kappa shape index (κ3) is 1.90. The quantitative estimate of drug-likeness (QED) is 0.770. The highest BCUT2D eigenvalue weighted by molar-refractivity contribution is 5.55. The Kier molecular flexibility index (Phi) is 2.73. The number of anilines is 1. The van der Waals surface area contributed by atoms with Gasteiger partial charge in [0, 0.05) is 24.8 Å². The maximum atomic E-state index is 5.84. The molecule has 0 saturated heterocycles. The van der Waals surface area contributed by atoms with E-state index in [1.165, 1.54) is 24.1 Å². The molecule has 1 aromatic carbocycles. The molecule has 2 nitrogen and oxygen atoms in total. The van der Waals surface area contributed by atoms with E-state index in [-0.39, 0.29) is 6.04 Å². The van der Waals surface area contributed by atoms with Crippen molar-refractivity contribution in [3.8, 4) is 0 Å². The Balaban J connectivity index is 2.22. The molecule has 2 N–H and O–H groups in total. The van der Waals surface area contributed by atoms with Crippen LogP contribution in [0.15, 0.2) is 24.3 Å². The van der Waals surface area contributed by atoms with Gasteiger partial charge in [-0.15, -0.1) is 0 Å². The minimum Gasteiger partial charge on any atom is -0.370 e. The molecule has 2 heteroatoms. The number of nitrogens with zero attached hydrogens (tertiary/aromatic N) is 1. The molecule has 1 aliphatic rings. The number of rotatable bonds is 2. The summed E-state index contributed by atoms with van der Waals surface area (Å²) in [4.78, 5) is 2.41. The first kappa shape index (κ1) is 9.53. The Hall–Kier alpha value is -1.02. The van der Waals surface area contributed by atoms with Crippen LogP contribution in [0.3, 0.4) is 0 Å². The number of nitrogens with two attached hydrogens (primary N) is 1. The first-order valence-electron chi connectivity index (χ1n) is 5.36. The third-order valence-electron chi connectivity index (χ3n) is 2.71. The molecule has 1 aromatic rings. The number of fused-ring (bicyclic) bond motifs is 1. The normalized spacial score (nSPS) is 17.7. The van der Waals surface area contributed by atoms with E-state index < -0.39 is 0 Å². The smallest absolute Gasteiger partial charge is 0.0399 e. The van der Waals surface area contributed by atoms with Crippen LogP contribution in [0.25, 0.3) is 0 Å². The number of hydrogen-bond donors (Lipinski definition) is 1. The van der Waals surface area contributed by atoms with E-state index in [0.717, 1.165) is 13.1 Å². The summed E-state index contributed by atoms with van der Waals surface area (Å²) in [5.74, 6) is 0. The zero-order valence-corrected chi connectivity index (χ0v) is 8.74. The monoisotopic (exact) mass is 190 g/mol. The Morgan fingerprint density at radius 3 is 3.00 bits per heavy atom. The molecule has 1 aliphatic heterocycles. The zero-order chi connectivity index (χ0) is 9.97. The second-order valence-electron chi connectivity index (χ2n) is 4.16. The van der Waals surface area contributed by atoms with Gasteiger partial charge in [-0.1, -0.05) is 18.2 Å². The number of aryl methyl sites for hydroxylation is 1. The molecule has 0 amide bonds. The van der Waals surface area contributed by atoms with Crippen LogP contribution in [0.5, 0.6) is 0 Å². The van der Waals surface area contributed by atoms with Crippen molar-refractivity contribution in [3.05, 3.63) is 29.8 Å². The molecule has 0 aliphatic carbocycles. The predicted octanol–water partition coefficient (Wildman–Crippen LogP) is 1.79. The van der Waals surface area contributed by atoms with Gasteiger partial charge in [0.05, 0.1) is 0 Å². The lowest BCUT2D eigenvalue weighted by molar-refractivity contribution is 0.634. The van der Waals surface area contributed by atoms with Crippen molar-refractivity contribution in [2.24, 2.45) is 5.73 Å². The van der Waals surface area contributed by atoms with Crippen molar-refractivity contribution < 1.29 is 0 Å². The van der Waals surface area contributed by atoms with Crippen molar-refractivity contribution in [3.63, 3.8) is 0 Å². The topological polar surface area (TPSA) is 29.3 Å². The Bertz CT molecular complexity index is 307. The fraction of sp³-hybridized carbons (Fsp3) is 0.500. The van der Waals surface area contributed by atoms with Crippen LogP contribution in [0, 0.1) is 0 Å². The molecule has 1 heterocycles. The van der Waals surface area contributed by atoms with Gasteiger partial charge < -0.3 is 10.6 Å². The van der Waals surface area contributed by atoms with Crippen LogP contribution < -0.4 is 10.6 Å². The molecular weight excluding hydrogens is 172 g/mol. The second-order valence-corrected chi connectivity index (χ2v) is 4.16. The first-order chi connectivity index (χ1) is 6.77. The molecule has 0 aromatic heterocycles. The molecule has 0 bridgehead atoms. The minimum absolute atomic E-state index is 0.251. The summed E-state index contributed by atoms with van der Waals surface area (Å²) >= 11 is 0. The van der Waals surface area contributed by atoms with Crippen molar-refractivity contribution in [2.45, 2.75) is 25.8 Å². The average Bonchev–Trinajstić information content (AvgIpc) is 2.18. The predicted molar refractivity (Wildman–Crippen MR) is 60.6 cm³/mol. The second kappa shape index (κ2) is 4.01. The summed E-state index contributed by atoms with van der Waals surface area (Å²) in [7, 11) is 0. The van der Waals surface area contributed by atoms with Crippen molar-refractivity contribution in [1.82, 2.24) is 0 Å². The molecule has 76 valence electrons. The van der Waals surface area contributed by atoms with E-state index >= 15 is 0 Å². The molecule has 2 rings (SSSR count). The Morgan fingerprint density at radius 1 is 1.43 bits per heavy atom. The number of hydrogen-bond acceptors (Lipinski definition) is 2. The van der Waals surface area contributed by atoms with Crippen molar-refractivity contribution >= 4 is 5.69 Å². The molecular formula is C12H18N2. The summed E-state index contributed by atoms with van der Waals surface area (Å²) in [6.45, 7) is 4.19. The third-order valence-corrected chi connectivity index (χ3v) is 2.71. The number of para-hydroxylation sites is 1. The molecule has 14 heavy (non-hydrogen) atoms.